The van der Waals surface area contributed by atoms with Crippen LogP contribution in [0.1, 0.15) is 11.4 Å². The molecule has 2 N–H and O–H groups in total. The Labute approximate surface area is 89.3 Å². The van der Waals surface area contributed by atoms with Gasteiger partial charge in [-0.05, 0) is 42.5 Å². The number of fused-ring (bicyclic) bond motifs is 1. The summed E-state index contributed by atoms with van der Waals surface area (Å²) in [6.07, 6.45) is 0. The molecule has 13 heavy (non-hydrogen) atoms. The van der Waals surface area contributed by atoms with Crippen LogP contribution in [0.25, 0.3) is 5.52 Å². The standard InChI is InChI=1S/C8H9IN4/c1-4-3-6-7(9)5(2)12-13(6)8(10)11-4/h3H,1-2H3,(H2,10,11). The summed E-state index contributed by atoms with van der Waals surface area (Å²) in [5.74, 6) is 0.445. The molecule has 0 aliphatic rings. The third-order valence-electron chi connectivity index (χ3n) is 1.87. The van der Waals surface area contributed by atoms with E-state index in [2.05, 4.69) is 32.7 Å². The highest BCUT2D eigenvalue weighted by Gasteiger charge is 2.08. The van der Waals surface area contributed by atoms with Gasteiger partial charge in [0.1, 0.15) is 0 Å². The van der Waals surface area contributed by atoms with Gasteiger partial charge in [0, 0.05) is 5.69 Å². The van der Waals surface area contributed by atoms with Gasteiger partial charge in [-0.1, -0.05) is 0 Å². The van der Waals surface area contributed by atoms with Gasteiger partial charge >= 0.3 is 0 Å². The number of halogens is 1. The molecule has 0 aliphatic heterocycles. The van der Waals surface area contributed by atoms with Gasteiger partial charge in [-0.2, -0.15) is 9.61 Å². The highest BCUT2D eigenvalue weighted by molar-refractivity contribution is 14.1. The van der Waals surface area contributed by atoms with Crippen molar-refractivity contribution in [2.45, 2.75) is 13.8 Å². The van der Waals surface area contributed by atoms with Crippen molar-refractivity contribution in [1.82, 2.24) is 14.6 Å². The summed E-state index contributed by atoms with van der Waals surface area (Å²) in [5.41, 5.74) is 8.66. The zero-order chi connectivity index (χ0) is 9.59. The topological polar surface area (TPSA) is 56.2 Å². The van der Waals surface area contributed by atoms with Crippen molar-refractivity contribution in [3.8, 4) is 0 Å². The molecule has 5 heteroatoms. The zero-order valence-corrected chi connectivity index (χ0v) is 9.53. The molecule has 2 heterocycles. The molecule has 0 unspecified atom stereocenters. The van der Waals surface area contributed by atoms with Crippen molar-refractivity contribution in [1.29, 1.82) is 0 Å². The third kappa shape index (κ3) is 1.27. The number of rotatable bonds is 0. The van der Waals surface area contributed by atoms with Crippen LogP contribution in [-0.4, -0.2) is 14.6 Å². The first-order valence-electron chi connectivity index (χ1n) is 3.87. The maximum absolute atomic E-state index is 5.73. The summed E-state index contributed by atoms with van der Waals surface area (Å²) < 4.78 is 2.80. The smallest absolute Gasteiger partial charge is 0.221 e. The van der Waals surface area contributed by atoms with Crippen molar-refractivity contribution in [3.63, 3.8) is 0 Å². The Morgan fingerprint density at radius 1 is 1.46 bits per heavy atom. The van der Waals surface area contributed by atoms with Gasteiger partial charge in [0.15, 0.2) is 0 Å². The van der Waals surface area contributed by atoms with Crippen molar-refractivity contribution in [3.05, 3.63) is 21.0 Å². The van der Waals surface area contributed by atoms with Crippen LogP contribution in [0.15, 0.2) is 6.07 Å². The fraction of sp³-hybridized carbons (Fsp3) is 0.250. The Morgan fingerprint density at radius 2 is 2.15 bits per heavy atom. The van der Waals surface area contributed by atoms with E-state index in [1.54, 1.807) is 4.52 Å². The van der Waals surface area contributed by atoms with Crippen LogP contribution in [0.5, 0.6) is 0 Å². The molecule has 0 bridgehead atoms. The fourth-order valence-corrected chi connectivity index (χ4v) is 1.78. The average molecular weight is 288 g/mol. The Balaban J connectivity index is 2.94. The molecule has 2 aromatic heterocycles. The molecule has 0 saturated heterocycles. The lowest BCUT2D eigenvalue weighted by molar-refractivity contribution is 0.908. The van der Waals surface area contributed by atoms with E-state index < -0.39 is 0 Å². The van der Waals surface area contributed by atoms with E-state index in [4.69, 9.17) is 5.73 Å². The molecule has 0 aliphatic carbocycles. The minimum absolute atomic E-state index is 0.445. The molecule has 0 radical (unpaired) electrons. The van der Waals surface area contributed by atoms with E-state index in [0.29, 0.717) is 5.95 Å². The number of hydrogen-bond donors (Lipinski definition) is 1. The predicted molar refractivity (Wildman–Crippen MR) is 59.6 cm³/mol. The summed E-state index contributed by atoms with van der Waals surface area (Å²) in [4.78, 5) is 4.13. The van der Waals surface area contributed by atoms with E-state index in [9.17, 15) is 0 Å². The quantitative estimate of drug-likeness (QED) is 0.748. The summed E-state index contributed by atoms with van der Waals surface area (Å²) >= 11 is 2.26. The third-order valence-corrected chi connectivity index (χ3v) is 3.21. The van der Waals surface area contributed by atoms with Crippen molar-refractivity contribution >= 4 is 34.1 Å². The second-order valence-corrected chi connectivity index (χ2v) is 4.03. The largest absolute Gasteiger partial charge is 0.368 e. The van der Waals surface area contributed by atoms with Gasteiger partial charge < -0.3 is 5.73 Å². The van der Waals surface area contributed by atoms with Gasteiger partial charge in [-0.25, -0.2) is 4.98 Å². The first kappa shape index (κ1) is 8.74. The molecular weight excluding hydrogens is 279 g/mol. The number of aryl methyl sites for hydroxylation is 2. The van der Waals surface area contributed by atoms with E-state index in [-0.39, 0.29) is 0 Å². The number of hydrogen-bond acceptors (Lipinski definition) is 3. The van der Waals surface area contributed by atoms with Crippen molar-refractivity contribution in [2.24, 2.45) is 0 Å². The lowest BCUT2D eigenvalue weighted by Gasteiger charge is -1.99. The van der Waals surface area contributed by atoms with Gasteiger partial charge in [-0.3, -0.25) is 0 Å². The van der Waals surface area contributed by atoms with Crippen molar-refractivity contribution in [2.75, 3.05) is 5.73 Å². The van der Waals surface area contributed by atoms with Crippen molar-refractivity contribution < 1.29 is 0 Å². The summed E-state index contributed by atoms with van der Waals surface area (Å²) in [5, 5.41) is 4.28. The Bertz CT molecular complexity index is 474. The van der Waals surface area contributed by atoms with Crippen LogP contribution in [0.4, 0.5) is 5.95 Å². The molecule has 68 valence electrons. The molecule has 0 spiro atoms. The molecule has 2 rings (SSSR count). The van der Waals surface area contributed by atoms with Gasteiger partial charge in [-0.15, -0.1) is 0 Å². The summed E-state index contributed by atoms with van der Waals surface area (Å²) in [6.45, 7) is 3.89. The van der Waals surface area contributed by atoms with Crippen LogP contribution in [0.2, 0.25) is 0 Å². The van der Waals surface area contributed by atoms with E-state index in [1.807, 2.05) is 19.9 Å². The van der Waals surface area contributed by atoms with Crippen LogP contribution in [0.3, 0.4) is 0 Å². The van der Waals surface area contributed by atoms with Crippen LogP contribution >= 0.6 is 22.6 Å². The molecule has 4 nitrogen and oxygen atoms in total. The first-order valence-corrected chi connectivity index (χ1v) is 4.95. The van der Waals surface area contributed by atoms with Gasteiger partial charge in [0.2, 0.25) is 5.95 Å². The minimum Gasteiger partial charge on any atom is -0.368 e. The monoisotopic (exact) mass is 288 g/mol. The molecule has 0 saturated carbocycles. The molecule has 0 atom stereocenters. The van der Waals surface area contributed by atoms with Crippen LogP contribution in [-0.2, 0) is 0 Å². The van der Waals surface area contributed by atoms with Gasteiger partial charge in [0.05, 0.1) is 14.8 Å². The number of nitrogens with zero attached hydrogens (tertiary/aromatic N) is 3. The molecule has 0 fully saturated rings. The Hall–Kier alpha value is -0.850. The number of aromatic nitrogens is 3. The van der Waals surface area contributed by atoms with Crippen LogP contribution < -0.4 is 5.73 Å². The second-order valence-electron chi connectivity index (χ2n) is 2.95. The highest BCUT2D eigenvalue weighted by atomic mass is 127. The Kier molecular flexibility index (Phi) is 1.90. The molecule has 0 amide bonds. The maximum Gasteiger partial charge on any atom is 0.221 e. The second kappa shape index (κ2) is 2.83. The summed E-state index contributed by atoms with van der Waals surface area (Å²) in [7, 11) is 0. The minimum atomic E-state index is 0.445. The lowest BCUT2D eigenvalue weighted by Crippen LogP contribution is -2.02. The fourth-order valence-electron chi connectivity index (χ4n) is 1.28. The zero-order valence-electron chi connectivity index (χ0n) is 7.37. The SMILES string of the molecule is Cc1cc2c(I)c(C)nn2c(N)n1. The highest BCUT2D eigenvalue weighted by Crippen LogP contribution is 2.19. The van der Waals surface area contributed by atoms with Crippen LogP contribution in [0, 0.1) is 17.4 Å². The van der Waals surface area contributed by atoms with E-state index >= 15 is 0 Å². The number of anilines is 1. The predicted octanol–water partition coefficient (Wildman–Crippen LogP) is 1.53. The molecule has 0 aromatic carbocycles. The average Bonchev–Trinajstić information content (AvgIpc) is 2.32. The van der Waals surface area contributed by atoms with Gasteiger partial charge in [0.25, 0.3) is 0 Å². The Morgan fingerprint density at radius 3 is 2.85 bits per heavy atom. The van der Waals surface area contributed by atoms with E-state index in [0.717, 1.165) is 20.5 Å². The maximum atomic E-state index is 5.73. The lowest BCUT2D eigenvalue weighted by atomic mass is 10.3. The molecule has 2 aromatic rings. The number of nitrogens with two attached hydrogens (primary N) is 1. The first-order chi connectivity index (χ1) is 6.09. The normalized spacial score (nSPS) is 11.0. The summed E-state index contributed by atoms with van der Waals surface area (Å²) in [6, 6.07) is 1.98. The van der Waals surface area contributed by atoms with E-state index in [1.165, 1.54) is 0 Å². The number of nitrogen functional groups attached to an aromatic ring is 1. The molecular formula is C8H9IN4.